The van der Waals surface area contributed by atoms with Crippen LogP contribution < -0.4 is 0 Å². The van der Waals surface area contributed by atoms with Gasteiger partial charge >= 0.3 is 0 Å². The van der Waals surface area contributed by atoms with Crippen LogP contribution in [0, 0.1) is 29.6 Å². The Morgan fingerprint density at radius 2 is 1.96 bits per heavy atom. The highest BCUT2D eigenvalue weighted by Crippen LogP contribution is 2.45. The molecule has 146 valence electrons. The van der Waals surface area contributed by atoms with E-state index in [0.717, 1.165) is 38.8 Å². The maximum absolute atomic E-state index is 13.1. The third-order valence-corrected chi connectivity index (χ3v) is 6.99. The zero-order valence-electron chi connectivity index (χ0n) is 16.6. The molecule has 27 heavy (non-hydrogen) atoms. The largest absolute Gasteiger partial charge is 0.377 e. The molecule has 2 aliphatic carbocycles. The van der Waals surface area contributed by atoms with Crippen molar-refractivity contribution in [3.8, 4) is 0 Å². The van der Waals surface area contributed by atoms with Gasteiger partial charge in [-0.1, -0.05) is 37.3 Å². The highest BCUT2D eigenvalue weighted by Gasteiger charge is 2.43. The fourth-order valence-electron chi connectivity index (χ4n) is 5.70. The third-order valence-electron chi connectivity index (χ3n) is 6.99. The molecule has 0 spiro atoms. The number of ketones is 1. The maximum Gasteiger partial charge on any atom is 0.136 e. The lowest BCUT2D eigenvalue weighted by Gasteiger charge is -2.34. The van der Waals surface area contributed by atoms with Crippen LogP contribution in [-0.2, 0) is 16.1 Å². The van der Waals surface area contributed by atoms with Crippen molar-refractivity contribution in [1.82, 2.24) is 0 Å². The number of aliphatic imine (C=N–C) groups is 1. The number of fused-ring (bicyclic) bond motifs is 1. The number of hydrogen-bond acceptors (Lipinski definition) is 3. The Balaban J connectivity index is 1.32. The van der Waals surface area contributed by atoms with Crippen LogP contribution in [-0.4, -0.2) is 24.6 Å². The minimum Gasteiger partial charge on any atom is -0.377 e. The molecule has 3 nitrogen and oxygen atoms in total. The first-order chi connectivity index (χ1) is 13.2. The molecule has 3 aliphatic rings. The molecule has 0 radical (unpaired) electrons. The van der Waals surface area contributed by atoms with Crippen LogP contribution in [0.4, 0.5) is 0 Å². The van der Waals surface area contributed by atoms with E-state index in [2.05, 4.69) is 19.1 Å². The van der Waals surface area contributed by atoms with Crippen molar-refractivity contribution >= 4 is 11.5 Å². The van der Waals surface area contributed by atoms with Gasteiger partial charge in [-0.25, -0.2) is 0 Å². The van der Waals surface area contributed by atoms with E-state index in [4.69, 9.17) is 9.73 Å². The van der Waals surface area contributed by atoms with Gasteiger partial charge in [-0.15, -0.1) is 0 Å². The molecule has 2 saturated carbocycles. The molecular formula is C24H33NO2. The molecule has 1 aliphatic heterocycles. The van der Waals surface area contributed by atoms with Gasteiger partial charge in [0, 0.05) is 37.1 Å². The molecule has 0 aromatic heterocycles. The van der Waals surface area contributed by atoms with Crippen LogP contribution >= 0.6 is 0 Å². The van der Waals surface area contributed by atoms with Gasteiger partial charge in [0.15, 0.2) is 0 Å². The second-order valence-corrected chi connectivity index (χ2v) is 9.03. The predicted molar refractivity (Wildman–Crippen MR) is 109 cm³/mol. The van der Waals surface area contributed by atoms with Crippen LogP contribution in [0.1, 0.15) is 57.4 Å². The maximum atomic E-state index is 13.1. The van der Waals surface area contributed by atoms with Crippen molar-refractivity contribution in [3.05, 3.63) is 35.9 Å². The Hall–Kier alpha value is -1.48. The van der Waals surface area contributed by atoms with Gasteiger partial charge in [0.2, 0.25) is 0 Å². The van der Waals surface area contributed by atoms with Crippen LogP contribution in [0.5, 0.6) is 0 Å². The Morgan fingerprint density at radius 3 is 2.81 bits per heavy atom. The Labute approximate surface area is 163 Å². The Kier molecular flexibility index (Phi) is 6.07. The van der Waals surface area contributed by atoms with Gasteiger partial charge in [-0.05, 0) is 61.8 Å². The average Bonchev–Trinajstić information content (AvgIpc) is 2.94. The highest BCUT2D eigenvalue weighted by molar-refractivity contribution is 5.90. The molecule has 5 atom stereocenters. The minimum atomic E-state index is 0.237. The second-order valence-electron chi connectivity index (χ2n) is 9.03. The van der Waals surface area contributed by atoms with Gasteiger partial charge in [-0.3, -0.25) is 9.79 Å². The molecule has 1 heterocycles. The molecule has 2 bridgehead atoms. The lowest BCUT2D eigenvalue weighted by Crippen LogP contribution is -2.32. The molecular weight excluding hydrogens is 334 g/mol. The van der Waals surface area contributed by atoms with Gasteiger partial charge in [-0.2, -0.15) is 0 Å². The van der Waals surface area contributed by atoms with Crippen molar-refractivity contribution in [3.63, 3.8) is 0 Å². The summed E-state index contributed by atoms with van der Waals surface area (Å²) in [4.78, 5) is 18.0. The first-order valence-corrected chi connectivity index (χ1v) is 10.9. The third kappa shape index (κ3) is 4.51. The first kappa shape index (κ1) is 18.9. The summed E-state index contributed by atoms with van der Waals surface area (Å²) < 4.78 is 5.86. The SMILES string of the molecule is C[C@H]1CC2=NCC[C@H]3C[C@@H]2[C@H](CC(=O)[C@H]3CCCOCc2ccccc2)C1. The topological polar surface area (TPSA) is 38.7 Å². The molecule has 0 amide bonds. The Morgan fingerprint density at radius 1 is 1.11 bits per heavy atom. The van der Waals surface area contributed by atoms with Gasteiger partial charge in [0.25, 0.3) is 0 Å². The van der Waals surface area contributed by atoms with Crippen LogP contribution in [0.2, 0.25) is 0 Å². The van der Waals surface area contributed by atoms with Crippen molar-refractivity contribution in [2.75, 3.05) is 13.2 Å². The van der Waals surface area contributed by atoms with Crippen LogP contribution in [0.3, 0.4) is 0 Å². The minimum absolute atomic E-state index is 0.237. The summed E-state index contributed by atoms with van der Waals surface area (Å²) in [6, 6.07) is 10.3. The van der Waals surface area contributed by atoms with Gasteiger partial charge < -0.3 is 4.74 Å². The standard InChI is InChI=1S/C24H33NO2/c1-17-12-20-15-24(26)21(19-9-10-25-23(13-17)22(20)14-19)8-5-11-27-16-18-6-3-2-4-7-18/h2-4,6-7,17,19-22H,5,8-16H2,1H3/t17-,19+,20+,21+,22-/m1/s1. The number of nitrogens with zero attached hydrogens (tertiary/aromatic N) is 1. The summed E-state index contributed by atoms with van der Waals surface area (Å²) in [7, 11) is 0. The van der Waals surface area contributed by atoms with Gasteiger partial charge in [0.1, 0.15) is 5.78 Å². The zero-order chi connectivity index (χ0) is 18.6. The summed E-state index contributed by atoms with van der Waals surface area (Å²) in [6.07, 6.45) is 7.46. The number of hydrogen-bond donors (Lipinski definition) is 0. The quantitative estimate of drug-likeness (QED) is 0.657. The molecule has 0 N–H and O–H groups in total. The van der Waals surface area contributed by atoms with Crippen molar-refractivity contribution < 1.29 is 9.53 Å². The summed E-state index contributed by atoms with van der Waals surface area (Å²) in [5.41, 5.74) is 2.66. The fraction of sp³-hybridized carbons (Fsp3) is 0.667. The summed E-state index contributed by atoms with van der Waals surface area (Å²) in [5.74, 6) is 3.15. The molecule has 1 aromatic rings. The highest BCUT2D eigenvalue weighted by atomic mass is 16.5. The normalized spacial score (nSPS) is 33.1. The number of ether oxygens (including phenoxy) is 1. The lowest BCUT2D eigenvalue weighted by atomic mass is 9.70. The average molecular weight is 368 g/mol. The van der Waals surface area contributed by atoms with Crippen molar-refractivity contribution in [1.29, 1.82) is 0 Å². The lowest BCUT2D eigenvalue weighted by molar-refractivity contribution is -0.125. The molecule has 1 aromatic carbocycles. The first-order valence-electron chi connectivity index (χ1n) is 10.9. The molecule has 3 heteroatoms. The zero-order valence-corrected chi connectivity index (χ0v) is 16.6. The Bertz CT molecular complexity index is 668. The number of carbonyl (C=O) groups excluding carboxylic acids is 1. The number of benzene rings is 1. The van der Waals surface area contributed by atoms with Gasteiger partial charge in [0.05, 0.1) is 6.61 Å². The molecule has 0 saturated heterocycles. The van der Waals surface area contributed by atoms with Crippen LogP contribution in [0.15, 0.2) is 35.3 Å². The summed E-state index contributed by atoms with van der Waals surface area (Å²) in [6.45, 7) is 4.68. The second kappa shape index (κ2) is 8.68. The van der Waals surface area contributed by atoms with Crippen molar-refractivity contribution in [2.45, 2.75) is 58.5 Å². The predicted octanol–water partition coefficient (Wildman–Crippen LogP) is 5.09. The number of Topliss-reactive ketones (excluding diaryl/α,β-unsaturated/α-hetero) is 1. The van der Waals surface area contributed by atoms with E-state index in [1.54, 1.807) is 0 Å². The smallest absolute Gasteiger partial charge is 0.136 e. The number of rotatable bonds is 6. The monoisotopic (exact) mass is 367 g/mol. The summed E-state index contributed by atoms with van der Waals surface area (Å²) >= 11 is 0. The van der Waals surface area contributed by atoms with Crippen molar-refractivity contribution in [2.24, 2.45) is 34.6 Å². The number of carbonyl (C=O) groups is 1. The molecule has 0 unspecified atom stereocenters. The summed E-state index contributed by atoms with van der Waals surface area (Å²) in [5, 5.41) is 0. The fourth-order valence-corrected chi connectivity index (χ4v) is 5.70. The van der Waals surface area contributed by atoms with E-state index in [0.29, 0.717) is 36.1 Å². The van der Waals surface area contributed by atoms with E-state index in [-0.39, 0.29) is 5.92 Å². The molecule has 4 rings (SSSR count). The van der Waals surface area contributed by atoms with E-state index in [1.807, 2.05) is 18.2 Å². The van der Waals surface area contributed by atoms with E-state index in [1.165, 1.54) is 30.5 Å². The van der Waals surface area contributed by atoms with E-state index >= 15 is 0 Å². The molecule has 2 fully saturated rings. The van der Waals surface area contributed by atoms with E-state index < -0.39 is 0 Å². The van der Waals surface area contributed by atoms with Crippen LogP contribution in [0.25, 0.3) is 0 Å². The van der Waals surface area contributed by atoms with E-state index in [9.17, 15) is 4.79 Å².